The molecule has 0 spiro atoms. The Balaban J connectivity index is 1.94. The van der Waals surface area contributed by atoms with Gasteiger partial charge in [-0.3, -0.25) is 0 Å². The Morgan fingerprint density at radius 1 is 0.875 bits per heavy atom. The molecule has 1 aliphatic heterocycles. The lowest BCUT2D eigenvalue weighted by molar-refractivity contribution is -0.689. The minimum atomic E-state index is 0.168. The molecule has 0 bridgehead atoms. The van der Waals surface area contributed by atoms with Crippen LogP contribution in [0.1, 0.15) is 70.2 Å². The minimum absolute atomic E-state index is 0.168. The van der Waals surface area contributed by atoms with Gasteiger partial charge in [-0.2, -0.15) is 4.57 Å². The fraction of sp³-hybridized carbons (Fsp3) is 0.435. The highest BCUT2D eigenvalue weighted by atomic mass is 15.1. The van der Waals surface area contributed by atoms with Gasteiger partial charge in [0, 0.05) is 17.2 Å². The number of rotatable bonds is 0. The monoisotopic (exact) mass is 318 g/mol. The van der Waals surface area contributed by atoms with E-state index in [9.17, 15) is 0 Å². The van der Waals surface area contributed by atoms with E-state index in [2.05, 4.69) is 89.2 Å². The van der Waals surface area contributed by atoms with Gasteiger partial charge in [0.1, 0.15) is 0 Å². The highest BCUT2D eigenvalue weighted by Crippen LogP contribution is 2.58. The fourth-order valence-electron chi connectivity index (χ4n) is 3.94. The van der Waals surface area contributed by atoms with Crippen LogP contribution >= 0.6 is 0 Å². The zero-order chi connectivity index (χ0) is 17.4. The first kappa shape index (κ1) is 15.6. The van der Waals surface area contributed by atoms with Gasteiger partial charge in [0.15, 0.2) is 12.2 Å². The summed E-state index contributed by atoms with van der Waals surface area (Å²) in [4.78, 5) is 0. The summed E-state index contributed by atoms with van der Waals surface area (Å²) in [5.74, 6) is 0.502. The highest BCUT2D eigenvalue weighted by molar-refractivity contribution is 5.70. The van der Waals surface area contributed by atoms with Crippen LogP contribution in [0.2, 0.25) is 0 Å². The van der Waals surface area contributed by atoms with E-state index in [1.165, 1.54) is 33.5 Å². The standard InChI is InChI=1S/C23H28N/c1-14-20-17-10-8-15(22(2,3)4)12-18(17)19-11-9-16(23(5,6)7)13-24(19)21(14)20/h8-13,20-21H,1H2,2-7H3/q+1. The predicted molar refractivity (Wildman–Crippen MR) is 100 cm³/mol. The van der Waals surface area contributed by atoms with Crippen LogP contribution in [0.15, 0.2) is 48.7 Å². The van der Waals surface area contributed by atoms with Crippen LogP contribution in [0.4, 0.5) is 0 Å². The number of aromatic nitrogens is 1. The summed E-state index contributed by atoms with van der Waals surface area (Å²) in [6.07, 6.45) is 2.36. The number of nitrogens with zero attached hydrogens (tertiary/aromatic N) is 1. The van der Waals surface area contributed by atoms with Crippen LogP contribution in [0.3, 0.4) is 0 Å². The highest BCUT2D eigenvalue weighted by Gasteiger charge is 2.57. The SMILES string of the molecule is C=C1C2c3ccc(C(C)(C)C)cc3-c3ccc(C(C)(C)C)c[n+]3C12. The van der Waals surface area contributed by atoms with E-state index in [4.69, 9.17) is 0 Å². The van der Waals surface area contributed by atoms with Gasteiger partial charge in [-0.1, -0.05) is 60.3 Å². The van der Waals surface area contributed by atoms with E-state index in [0.717, 1.165) is 0 Å². The van der Waals surface area contributed by atoms with Crippen LogP contribution in [0.25, 0.3) is 11.3 Å². The van der Waals surface area contributed by atoms with Crippen LogP contribution in [-0.4, -0.2) is 0 Å². The van der Waals surface area contributed by atoms with E-state index >= 15 is 0 Å². The average Bonchev–Trinajstić information content (AvgIpc) is 3.16. The Morgan fingerprint density at radius 3 is 2.12 bits per heavy atom. The van der Waals surface area contributed by atoms with Gasteiger partial charge >= 0.3 is 0 Å². The van der Waals surface area contributed by atoms with Crippen molar-refractivity contribution in [3.63, 3.8) is 0 Å². The van der Waals surface area contributed by atoms with Gasteiger partial charge in [-0.15, -0.1) is 0 Å². The van der Waals surface area contributed by atoms with Crippen LogP contribution in [0, 0.1) is 0 Å². The second kappa shape index (κ2) is 4.59. The lowest BCUT2D eigenvalue weighted by Gasteiger charge is -2.23. The van der Waals surface area contributed by atoms with Crippen molar-refractivity contribution < 1.29 is 4.57 Å². The molecule has 1 fully saturated rings. The minimum Gasteiger partial charge on any atom is -0.190 e. The number of hydrogen-bond donors (Lipinski definition) is 0. The predicted octanol–water partition coefficient (Wildman–Crippen LogP) is 5.44. The number of fused-ring (bicyclic) bond motifs is 6. The summed E-state index contributed by atoms with van der Waals surface area (Å²) in [5.41, 5.74) is 8.67. The molecule has 1 saturated carbocycles. The van der Waals surface area contributed by atoms with Gasteiger partial charge in [0.25, 0.3) is 0 Å². The number of hydrogen-bond acceptors (Lipinski definition) is 0. The molecule has 1 aromatic heterocycles. The summed E-state index contributed by atoms with van der Waals surface area (Å²) >= 11 is 0. The molecule has 2 unspecified atom stereocenters. The van der Waals surface area contributed by atoms with Gasteiger partial charge in [0.05, 0.1) is 11.5 Å². The third kappa shape index (κ3) is 2.17. The Kier molecular flexibility index (Phi) is 2.99. The van der Waals surface area contributed by atoms with Crippen molar-refractivity contribution in [1.82, 2.24) is 0 Å². The molecule has 0 amide bonds. The number of pyridine rings is 1. The smallest absolute Gasteiger partial charge is 0.190 e. The van der Waals surface area contributed by atoms with Crippen molar-refractivity contribution in [1.29, 1.82) is 0 Å². The largest absolute Gasteiger partial charge is 0.213 e. The Morgan fingerprint density at radius 2 is 1.50 bits per heavy atom. The molecule has 1 heteroatoms. The fourth-order valence-corrected chi connectivity index (χ4v) is 3.94. The van der Waals surface area contributed by atoms with E-state index in [-0.39, 0.29) is 10.8 Å². The third-order valence-corrected chi connectivity index (χ3v) is 5.66. The molecule has 2 heterocycles. The normalized spacial score (nSPS) is 21.8. The Labute approximate surface area is 146 Å². The average molecular weight is 318 g/mol. The molecule has 1 aromatic carbocycles. The zero-order valence-corrected chi connectivity index (χ0v) is 15.8. The molecule has 0 saturated heterocycles. The Hall–Kier alpha value is -1.89. The number of allylic oxidation sites excluding steroid dienone is 1. The van der Waals surface area contributed by atoms with Crippen molar-refractivity contribution in [2.75, 3.05) is 0 Å². The summed E-state index contributed by atoms with van der Waals surface area (Å²) < 4.78 is 2.47. The van der Waals surface area contributed by atoms with Crippen molar-refractivity contribution in [3.8, 4) is 11.3 Å². The molecule has 4 rings (SSSR count). The molecular weight excluding hydrogens is 290 g/mol. The molecule has 2 atom stereocenters. The molecule has 1 aliphatic carbocycles. The van der Waals surface area contributed by atoms with Gasteiger partial charge in [-0.05, 0) is 34.1 Å². The van der Waals surface area contributed by atoms with E-state index < -0.39 is 0 Å². The summed E-state index contributed by atoms with van der Waals surface area (Å²) in [5, 5.41) is 0. The first-order chi connectivity index (χ1) is 11.1. The van der Waals surface area contributed by atoms with Crippen molar-refractivity contribution >= 4 is 0 Å². The third-order valence-electron chi connectivity index (χ3n) is 5.66. The van der Waals surface area contributed by atoms with E-state index in [0.29, 0.717) is 12.0 Å². The van der Waals surface area contributed by atoms with Crippen LogP contribution in [-0.2, 0) is 10.8 Å². The first-order valence-corrected chi connectivity index (χ1v) is 8.98. The molecule has 0 radical (unpaired) electrons. The van der Waals surface area contributed by atoms with Gasteiger partial charge < -0.3 is 0 Å². The quantitative estimate of drug-likeness (QED) is 0.449. The summed E-state index contributed by atoms with van der Waals surface area (Å²) in [6, 6.07) is 12.1. The maximum Gasteiger partial charge on any atom is 0.213 e. The molecule has 24 heavy (non-hydrogen) atoms. The maximum absolute atomic E-state index is 4.35. The van der Waals surface area contributed by atoms with Crippen molar-refractivity contribution in [2.45, 2.75) is 64.3 Å². The van der Waals surface area contributed by atoms with Gasteiger partial charge in [0.2, 0.25) is 5.69 Å². The molecule has 2 aliphatic rings. The van der Waals surface area contributed by atoms with E-state index in [1.807, 2.05) is 0 Å². The lowest BCUT2D eigenvalue weighted by atomic mass is 9.83. The van der Waals surface area contributed by atoms with Crippen molar-refractivity contribution in [2.24, 2.45) is 0 Å². The van der Waals surface area contributed by atoms with E-state index in [1.54, 1.807) is 0 Å². The number of benzene rings is 1. The Bertz CT molecular complexity index is 859. The molecular formula is C23H28N+. The summed E-state index contributed by atoms with van der Waals surface area (Å²) in [6.45, 7) is 18.0. The molecule has 124 valence electrons. The second-order valence-electron chi connectivity index (χ2n) is 9.51. The summed E-state index contributed by atoms with van der Waals surface area (Å²) in [7, 11) is 0. The molecule has 2 aromatic rings. The topological polar surface area (TPSA) is 3.88 Å². The van der Waals surface area contributed by atoms with Crippen LogP contribution < -0.4 is 4.57 Å². The first-order valence-electron chi connectivity index (χ1n) is 8.98. The molecule has 1 nitrogen and oxygen atoms in total. The van der Waals surface area contributed by atoms with Crippen LogP contribution in [0.5, 0.6) is 0 Å². The zero-order valence-electron chi connectivity index (χ0n) is 15.8. The lowest BCUT2D eigenvalue weighted by Crippen LogP contribution is -2.39. The maximum atomic E-state index is 4.35. The van der Waals surface area contributed by atoms with Gasteiger partial charge in [-0.25, -0.2) is 0 Å². The second-order valence-corrected chi connectivity index (χ2v) is 9.51. The molecule has 0 N–H and O–H groups in total. The van der Waals surface area contributed by atoms with Crippen molar-refractivity contribution in [3.05, 3.63) is 65.4 Å².